The number of carbonyl (C=O) groups is 1. The van der Waals surface area contributed by atoms with Gasteiger partial charge < -0.3 is 14.8 Å². The molecule has 1 N–H and O–H groups in total. The highest BCUT2D eigenvalue weighted by atomic mass is 35.5. The Morgan fingerprint density at radius 3 is 2.37 bits per heavy atom. The SMILES string of the molecule is CC(C)Oc1ncc(C(=O)Nc2ccc(Oc3ccncc3)cc2)cc1Cl. The number of aromatic nitrogens is 2. The van der Waals surface area contributed by atoms with Gasteiger partial charge in [0.15, 0.2) is 0 Å². The lowest BCUT2D eigenvalue weighted by molar-refractivity contribution is 0.102. The van der Waals surface area contributed by atoms with Crippen LogP contribution in [0.1, 0.15) is 24.2 Å². The average molecular weight is 384 g/mol. The van der Waals surface area contributed by atoms with Crippen molar-refractivity contribution in [2.75, 3.05) is 5.32 Å². The number of amides is 1. The molecule has 2 heterocycles. The molecule has 1 aromatic carbocycles. The summed E-state index contributed by atoms with van der Waals surface area (Å²) in [6, 6.07) is 12.1. The number of hydrogen-bond acceptors (Lipinski definition) is 5. The first-order chi connectivity index (χ1) is 13.0. The van der Waals surface area contributed by atoms with Crippen molar-refractivity contribution in [2.45, 2.75) is 20.0 Å². The van der Waals surface area contributed by atoms with Gasteiger partial charge in [-0.2, -0.15) is 0 Å². The van der Waals surface area contributed by atoms with Gasteiger partial charge in [-0.1, -0.05) is 11.6 Å². The zero-order valence-corrected chi connectivity index (χ0v) is 15.6. The Bertz CT molecular complexity index is 916. The van der Waals surface area contributed by atoms with Gasteiger partial charge in [-0.25, -0.2) is 4.98 Å². The Labute approximate surface area is 162 Å². The molecule has 27 heavy (non-hydrogen) atoms. The molecule has 0 aliphatic carbocycles. The van der Waals surface area contributed by atoms with E-state index >= 15 is 0 Å². The Morgan fingerprint density at radius 2 is 1.74 bits per heavy atom. The van der Waals surface area contributed by atoms with Crippen molar-refractivity contribution in [1.82, 2.24) is 9.97 Å². The standard InChI is InChI=1S/C20H18ClN3O3/c1-13(2)26-20-18(21)11-14(12-23-20)19(25)24-15-3-5-16(6-4-15)27-17-7-9-22-10-8-17/h3-13H,1-2H3,(H,24,25). The van der Waals surface area contributed by atoms with Gasteiger partial charge in [-0.3, -0.25) is 9.78 Å². The van der Waals surface area contributed by atoms with E-state index in [2.05, 4.69) is 15.3 Å². The van der Waals surface area contributed by atoms with E-state index in [4.69, 9.17) is 21.1 Å². The van der Waals surface area contributed by atoms with Crippen LogP contribution in [0.2, 0.25) is 5.02 Å². The minimum absolute atomic E-state index is 0.0532. The zero-order chi connectivity index (χ0) is 19.2. The van der Waals surface area contributed by atoms with Gasteiger partial charge in [-0.15, -0.1) is 0 Å². The first-order valence-electron chi connectivity index (χ1n) is 8.33. The molecule has 0 unspecified atom stereocenters. The van der Waals surface area contributed by atoms with E-state index in [-0.39, 0.29) is 17.0 Å². The van der Waals surface area contributed by atoms with Gasteiger partial charge >= 0.3 is 0 Å². The molecule has 138 valence electrons. The molecule has 2 aromatic heterocycles. The van der Waals surface area contributed by atoms with Crippen LogP contribution < -0.4 is 14.8 Å². The summed E-state index contributed by atoms with van der Waals surface area (Å²) in [5.74, 6) is 1.33. The van der Waals surface area contributed by atoms with Crippen LogP contribution >= 0.6 is 11.6 Å². The van der Waals surface area contributed by atoms with Crippen molar-refractivity contribution >= 4 is 23.2 Å². The van der Waals surface area contributed by atoms with Crippen molar-refractivity contribution in [3.05, 3.63) is 71.6 Å². The predicted octanol–water partition coefficient (Wildman–Crippen LogP) is 4.96. The number of halogens is 1. The van der Waals surface area contributed by atoms with Crippen LogP contribution in [-0.2, 0) is 0 Å². The molecule has 0 fully saturated rings. The van der Waals surface area contributed by atoms with Crippen LogP contribution in [0.4, 0.5) is 5.69 Å². The summed E-state index contributed by atoms with van der Waals surface area (Å²) in [4.78, 5) is 20.4. The van der Waals surface area contributed by atoms with Crippen molar-refractivity contribution < 1.29 is 14.3 Å². The maximum atomic E-state index is 12.4. The number of benzene rings is 1. The predicted molar refractivity (Wildman–Crippen MR) is 104 cm³/mol. The Kier molecular flexibility index (Phi) is 5.88. The van der Waals surface area contributed by atoms with Gasteiger partial charge in [0.25, 0.3) is 5.91 Å². The van der Waals surface area contributed by atoms with Crippen LogP contribution in [0.25, 0.3) is 0 Å². The second kappa shape index (κ2) is 8.51. The fourth-order valence-corrected chi connectivity index (χ4v) is 2.42. The molecular weight excluding hydrogens is 366 g/mol. The number of carbonyl (C=O) groups excluding carboxylic acids is 1. The number of hydrogen-bond donors (Lipinski definition) is 1. The minimum atomic E-state index is -0.316. The van der Waals surface area contributed by atoms with E-state index in [1.54, 1.807) is 48.8 Å². The van der Waals surface area contributed by atoms with Gasteiger partial charge in [0.05, 0.1) is 11.7 Å². The van der Waals surface area contributed by atoms with Crippen LogP contribution in [0.5, 0.6) is 17.4 Å². The normalized spacial score (nSPS) is 10.5. The summed E-state index contributed by atoms with van der Waals surface area (Å²) in [6.45, 7) is 3.75. The van der Waals surface area contributed by atoms with Crippen LogP contribution in [-0.4, -0.2) is 22.0 Å². The molecule has 1 amide bonds. The molecule has 0 saturated carbocycles. The van der Waals surface area contributed by atoms with Crippen molar-refractivity contribution in [3.8, 4) is 17.4 Å². The highest BCUT2D eigenvalue weighted by Crippen LogP contribution is 2.25. The smallest absolute Gasteiger partial charge is 0.257 e. The van der Waals surface area contributed by atoms with E-state index in [0.717, 1.165) is 0 Å². The molecular formula is C20H18ClN3O3. The minimum Gasteiger partial charge on any atom is -0.474 e. The van der Waals surface area contributed by atoms with Crippen LogP contribution in [0.3, 0.4) is 0 Å². The molecule has 0 radical (unpaired) electrons. The number of rotatable bonds is 6. The van der Waals surface area contributed by atoms with Gasteiger partial charge in [0, 0.05) is 24.3 Å². The van der Waals surface area contributed by atoms with E-state index in [1.165, 1.54) is 12.3 Å². The molecule has 7 heteroatoms. The zero-order valence-electron chi connectivity index (χ0n) is 14.8. The maximum Gasteiger partial charge on any atom is 0.257 e. The maximum absolute atomic E-state index is 12.4. The van der Waals surface area contributed by atoms with E-state index in [0.29, 0.717) is 28.6 Å². The third-order valence-electron chi connectivity index (χ3n) is 3.41. The monoisotopic (exact) mass is 383 g/mol. The van der Waals surface area contributed by atoms with E-state index < -0.39 is 0 Å². The van der Waals surface area contributed by atoms with Gasteiger partial charge in [-0.05, 0) is 56.3 Å². The lowest BCUT2D eigenvalue weighted by atomic mass is 10.2. The number of anilines is 1. The largest absolute Gasteiger partial charge is 0.474 e. The summed E-state index contributed by atoms with van der Waals surface area (Å²) < 4.78 is 11.2. The number of pyridine rings is 2. The summed E-state index contributed by atoms with van der Waals surface area (Å²) in [5, 5.41) is 3.08. The second-order valence-corrected chi connectivity index (χ2v) is 6.35. The second-order valence-electron chi connectivity index (χ2n) is 5.94. The Balaban J connectivity index is 1.64. The van der Waals surface area contributed by atoms with Gasteiger partial charge in [0.1, 0.15) is 16.5 Å². The molecule has 0 bridgehead atoms. The Morgan fingerprint density at radius 1 is 1.07 bits per heavy atom. The van der Waals surface area contributed by atoms with E-state index in [1.807, 2.05) is 13.8 Å². The lowest BCUT2D eigenvalue weighted by Gasteiger charge is -2.11. The number of nitrogens with zero attached hydrogens (tertiary/aromatic N) is 2. The van der Waals surface area contributed by atoms with Gasteiger partial charge in [0.2, 0.25) is 5.88 Å². The fourth-order valence-electron chi connectivity index (χ4n) is 2.21. The highest BCUT2D eigenvalue weighted by molar-refractivity contribution is 6.32. The summed E-state index contributed by atoms with van der Waals surface area (Å²) in [7, 11) is 0. The summed E-state index contributed by atoms with van der Waals surface area (Å²) in [6.07, 6.45) is 4.68. The Hall–Kier alpha value is -3.12. The molecule has 0 aliphatic heterocycles. The molecule has 6 nitrogen and oxygen atoms in total. The number of nitrogens with one attached hydrogen (secondary N) is 1. The lowest BCUT2D eigenvalue weighted by Crippen LogP contribution is -2.13. The summed E-state index contributed by atoms with van der Waals surface area (Å²) in [5.41, 5.74) is 0.967. The molecule has 0 spiro atoms. The first-order valence-corrected chi connectivity index (χ1v) is 8.70. The molecule has 0 aliphatic rings. The topological polar surface area (TPSA) is 73.3 Å². The van der Waals surface area contributed by atoms with Crippen molar-refractivity contribution in [2.24, 2.45) is 0 Å². The molecule has 0 saturated heterocycles. The van der Waals surface area contributed by atoms with Crippen molar-refractivity contribution in [3.63, 3.8) is 0 Å². The van der Waals surface area contributed by atoms with Crippen LogP contribution in [0.15, 0.2) is 61.1 Å². The highest BCUT2D eigenvalue weighted by Gasteiger charge is 2.12. The van der Waals surface area contributed by atoms with Crippen LogP contribution in [0, 0.1) is 0 Å². The van der Waals surface area contributed by atoms with E-state index in [9.17, 15) is 4.79 Å². The molecule has 3 aromatic rings. The number of ether oxygens (including phenoxy) is 2. The molecule has 3 rings (SSSR count). The van der Waals surface area contributed by atoms with Crippen molar-refractivity contribution in [1.29, 1.82) is 0 Å². The first kappa shape index (κ1) is 18.7. The average Bonchev–Trinajstić information content (AvgIpc) is 2.65. The quantitative estimate of drug-likeness (QED) is 0.651. The third-order valence-corrected chi connectivity index (χ3v) is 3.69. The fraction of sp³-hybridized carbons (Fsp3) is 0.150. The summed E-state index contributed by atoms with van der Waals surface area (Å²) >= 11 is 6.13. The third kappa shape index (κ3) is 5.18. The molecule has 0 atom stereocenters.